The Balaban J connectivity index is 1.78. The van der Waals surface area contributed by atoms with Gasteiger partial charge in [0, 0.05) is 18.5 Å². The zero-order valence-electron chi connectivity index (χ0n) is 10.4. The van der Waals surface area contributed by atoms with Crippen molar-refractivity contribution in [2.45, 2.75) is 0 Å². The van der Waals surface area contributed by atoms with Crippen LogP contribution in [0.3, 0.4) is 0 Å². The van der Waals surface area contributed by atoms with Crippen molar-refractivity contribution in [2.75, 3.05) is 26.2 Å². The number of benzene rings is 1. The van der Waals surface area contributed by atoms with Crippen molar-refractivity contribution in [3.8, 4) is 0 Å². The van der Waals surface area contributed by atoms with Gasteiger partial charge in [-0.25, -0.2) is 0 Å². The first-order valence-corrected chi connectivity index (χ1v) is 6.22. The lowest BCUT2D eigenvalue weighted by molar-refractivity contribution is -0.123. The summed E-state index contributed by atoms with van der Waals surface area (Å²) in [5, 5.41) is 3.57. The number of nitrogens with zero attached hydrogens (tertiary/aromatic N) is 1. The van der Waals surface area contributed by atoms with Gasteiger partial charge in [-0.05, 0) is 6.07 Å². The summed E-state index contributed by atoms with van der Waals surface area (Å²) in [6.07, 6.45) is 1.50. The van der Waals surface area contributed by atoms with Gasteiger partial charge in [-0.3, -0.25) is 14.5 Å². The average molecular weight is 258 g/mol. The molecule has 1 aliphatic heterocycles. The first-order chi connectivity index (χ1) is 9.24. The van der Waals surface area contributed by atoms with E-state index in [0.29, 0.717) is 24.2 Å². The molecule has 1 aromatic heterocycles. The van der Waals surface area contributed by atoms with Gasteiger partial charge in [0.15, 0.2) is 5.78 Å². The van der Waals surface area contributed by atoms with Crippen molar-refractivity contribution in [1.29, 1.82) is 0 Å². The zero-order chi connectivity index (χ0) is 13.2. The van der Waals surface area contributed by atoms with Gasteiger partial charge < -0.3 is 9.73 Å². The van der Waals surface area contributed by atoms with Crippen molar-refractivity contribution in [2.24, 2.45) is 0 Å². The lowest BCUT2D eigenvalue weighted by atomic mass is 10.1. The first kappa shape index (κ1) is 11.9. The van der Waals surface area contributed by atoms with E-state index in [9.17, 15) is 9.59 Å². The van der Waals surface area contributed by atoms with Crippen molar-refractivity contribution in [3.05, 3.63) is 36.1 Å². The number of Topliss-reactive ketones (excluding diaryl/α,β-unsaturated/α-hetero) is 1. The van der Waals surface area contributed by atoms with Gasteiger partial charge in [0.1, 0.15) is 11.8 Å². The van der Waals surface area contributed by atoms with Gasteiger partial charge in [0.25, 0.3) is 0 Å². The van der Waals surface area contributed by atoms with Crippen molar-refractivity contribution >= 4 is 22.7 Å². The standard InChI is InChI=1S/C14H14N2O3/c17-12(7-16-6-5-15-14(18)8-16)11-9-19-13-4-2-1-3-10(11)13/h1-4,9H,5-8H2,(H,15,18). The number of hydrogen-bond donors (Lipinski definition) is 1. The fraction of sp³-hybridized carbons (Fsp3) is 0.286. The molecule has 1 fully saturated rings. The third-order valence-electron chi connectivity index (χ3n) is 3.27. The monoisotopic (exact) mass is 258 g/mol. The van der Waals surface area contributed by atoms with Crippen LogP contribution in [0.2, 0.25) is 0 Å². The predicted octanol–water partition coefficient (Wildman–Crippen LogP) is 1.05. The summed E-state index contributed by atoms with van der Waals surface area (Å²) in [5.41, 5.74) is 1.30. The molecule has 1 saturated heterocycles. The summed E-state index contributed by atoms with van der Waals surface area (Å²) in [5.74, 6) is -0.0456. The molecule has 2 heterocycles. The SMILES string of the molecule is O=C1CN(CC(=O)c2coc3ccccc23)CCN1. The number of furan rings is 1. The molecule has 1 aromatic carbocycles. The van der Waals surface area contributed by atoms with Crippen LogP contribution in [0.15, 0.2) is 34.9 Å². The largest absolute Gasteiger partial charge is 0.464 e. The van der Waals surface area contributed by atoms with Gasteiger partial charge in [-0.15, -0.1) is 0 Å². The Labute approximate surface area is 110 Å². The fourth-order valence-corrected chi connectivity index (χ4v) is 2.31. The number of nitrogens with one attached hydrogen (secondary N) is 1. The van der Waals surface area contributed by atoms with Crippen LogP contribution in [0.25, 0.3) is 11.0 Å². The molecule has 1 N–H and O–H groups in total. The van der Waals surface area contributed by atoms with Crippen LogP contribution in [-0.4, -0.2) is 42.8 Å². The molecule has 0 unspecified atom stereocenters. The van der Waals surface area contributed by atoms with E-state index in [1.54, 1.807) is 0 Å². The molecular weight excluding hydrogens is 244 g/mol. The highest BCUT2D eigenvalue weighted by atomic mass is 16.3. The summed E-state index contributed by atoms with van der Waals surface area (Å²) in [4.78, 5) is 25.4. The van der Waals surface area contributed by atoms with E-state index in [1.165, 1.54) is 6.26 Å². The fourth-order valence-electron chi connectivity index (χ4n) is 2.31. The van der Waals surface area contributed by atoms with Crippen LogP contribution < -0.4 is 5.32 Å². The van der Waals surface area contributed by atoms with Crippen molar-refractivity contribution < 1.29 is 14.0 Å². The number of fused-ring (bicyclic) bond motifs is 1. The molecule has 1 amide bonds. The molecule has 0 aliphatic carbocycles. The van der Waals surface area contributed by atoms with E-state index in [1.807, 2.05) is 29.2 Å². The molecule has 0 saturated carbocycles. The highest BCUT2D eigenvalue weighted by Gasteiger charge is 2.21. The van der Waals surface area contributed by atoms with Gasteiger partial charge >= 0.3 is 0 Å². The van der Waals surface area contributed by atoms with Crippen LogP contribution in [0.4, 0.5) is 0 Å². The second-order valence-corrected chi connectivity index (χ2v) is 4.63. The normalized spacial score (nSPS) is 16.5. The van der Waals surface area contributed by atoms with Crippen LogP contribution in [0, 0.1) is 0 Å². The highest BCUT2D eigenvalue weighted by Crippen LogP contribution is 2.21. The Bertz CT molecular complexity index is 632. The Hall–Kier alpha value is -2.14. The highest BCUT2D eigenvalue weighted by molar-refractivity contribution is 6.08. The molecule has 5 heteroatoms. The van der Waals surface area contributed by atoms with Gasteiger partial charge in [-0.2, -0.15) is 0 Å². The Morgan fingerprint density at radius 3 is 3.05 bits per heavy atom. The number of rotatable bonds is 3. The molecule has 0 bridgehead atoms. The Morgan fingerprint density at radius 2 is 2.21 bits per heavy atom. The smallest absolute Gasteiger partial charge is 0.234 e. The maximum Gasteiger partial charge on any atom is 0.234 e. The second-order valence-electron chi connectivity index (χ2n) is 4.63. The summed E-state index contributed by atoms with van der Waals surface area (Å²) in [6.45, 7) is 1.82. The maximum atomic E-state index is 12.3. The van der Waals surface area contributed by atoms with E-state index in [2.05, 4.69) is 5.32 Å². The molecule has 0 radical (unpaired) electrons. The summed E-state index contributed by atoms with van der Waals surface area (Å²) >= 11 is 0. The molecule has 0 atom stereocenters. The molecule has 1 aliphatic rings. The summed E-state index contributed by atoms with van der Waals surface area (Å²) < 4.78 is 5.36. The molecule has 98 valence electrons. The first-order valence-electron chi connectivity index (χ1n) is 6.22. The maximum absolute atomic E-state index is 12.3. The van der Waals surface area contributed by atoms with E-state index in [0.717, 1.165) is 5.39 Å². The van der Waals surface area contributed by atoms with Crippen molar-refractivity contribution in [3.63, 3.8) is 0 Å². The number of amides is 1. The van der Waals surface area contributed by atoms with Gasteiger partial charge in [-0.1, -0.05) is 18.2 Å². The molecule has 19 heavy (non-hydrogen) atoms. The quantitative estimate of drug-likeness (QED) is 0.836. The number of ketones is 1. The van der Waals surface area contributed by atoms with E-state index in [4.69, 9.17) is 4.42 Å². The minimum Gasteiger partial charge on any atom is -0.464 e. The Morgan fingerprint density at radius 1 is 1.37 bits per heavy atom. The van der Waals surface area contributed by atoms with Gasteiger partial charge in [0.05, 0.1) is 18.7 Å². The lowest BCUT2D eigenvalue weighted by Gasteiger charge is -2.25. The topological polar surface area (TPSA) is 62.6 Å². The van der Waals surface area contributed by atoms with E-state index >= 15 is 0 Å². The number of carbonyl (C=O) groups excluding carboxylic acids is 2. The number of carbonyl (C=O) groups is 2. The van der Waals surface area contributed by atoms with Crippen LogP contribution in [0.5, 0.6) is 0 Å². The molecule has 2 aromatic rings. The zero-order valence-corrected chi connectivity index (χ0v) is 10.4. The predicted molar refractivity (Wildman–Crippen MR) is 70.0 cm³/mol. The molecule has 5 nitrogen and oxygen atoms in total. The van der Waals surface area contributed by atoms with Crippen LogP contribution >= 0.6 is 0 Å². The second kappa shape index (κ2) is 4.85. The number of piperazine rings is 1. The lowest BCUT2D eigenvalue weighted by Crippen LogP contribution is -2.49. The number of para-hydroxylation sites is 1. The van der Waals surface area contributed by atoms with Crippen LogP contribution in [-0.2, 0) is 4.79 Å². The average Bonchev–Trinajstić information content (AvgIpc) is 2.82. The molecule has 0 spiro atoms. The minimum absolute atomic E-state index is 0.0142. The van der Waals surface area contributed by atoms with Crippen LogP contribution in [0.1, 0.15) is 10.4 Å². The summed E-state index contributed by atoms with van der Waals surface area (Å²) in [7, 11) is 0. The van der Waals surface area contributed by atoms with Crippen molar-refractivity contribution in [1.82, 2.24) is 10.2 Å². The molecule has 3 rings (SSSR count). The third kappa shape index (κ3) is 2.37. The third-order valence-corrected chi connectivity index (χ3v) is 3.27. The van der Waals surface area contributed by atoms with E-state index < -0.39 is 0 Å². The minimum atomic E-state index is -0.0314. The summed E-state index contributed by atoms with van der Waals surface area (Å²) in [6, 6.07) is 7.45. The van der Waals surface area contributed by atoms with Gasteiger partial charge in [0.2, 0.25) is 5.91 Å². The van der Waals surface area contributed by atoms with E-state index in [-0.39, 0.29) is 24.8 Å². The number of hydrogen-bond acceptors (Lipinski definition) is 4. The molecular formula is C14H14N2O3. The Kier molecular flexibility index (Phi) is 3.05.